The molecule has 3 aromatic rings. The molecule has 0 atom stereocenters. The molecule has 3 heterocycles. The molecule has 0 saturated heterocycles. The fourth-order valence-corrected chi connectivity index (χ4v) is 2.41. The van der Waals surface area contributed by atoms with Gasteiger partial charge in [-0.25, -0.2) is 4.98 Å². The molecule has 17 heavy (non-hydrogen) atoms. The summed E-state index contributed by atoms with van der Waals surface area (Å²) < 4.78 is 7.04. The fraction of sp³-hybridized carbons (Fsp3) is 0.300. The minimum Gasteiger partial charge on any atom is -0.339 e. The maximum atomic E-state index is 5.42. The van der Waals surface area contributed by atoms with Gasteiger partial charge >= 0.3 is 0 Å². The van der Waals surface area contributed by atoms with Crippen LogP contribution in [0.25, 0.3) is 16.5 Å². The Bertz CT molecular complexity index is 621. The highest BCUT2D eigenvalue weighted by molar-refractivity contribution is 7.17. The van der Waals surface area contributed by atoms with E-state index in [1.54, 1.807) is 11.3 Å². The van der Waals surface area contributed by atoms with Crippen molar-refractivity contribution < 1.29 is 4.52 Å². The second kappa shape index (κ2) is 3.94. The van der Waals surface area contributed by atoms with E-state index in [4.69, 9.17) is 10.3 Å². The molecular weight excluding hydrogens is 238 g/mol. The second-order valence-corrected chi connectivity index (χ2v) is 4.92. The number of fused-ring (bicyclic) bond motifs is 1. The average Bonchev–Trinajstić information content (AvgIpc) is 2.91. The van der Waals surface area contributed by atoms with E-state index in [1.165, 1.54) is 4.88 Å². The van der Waals surface area contributed by atoms with Gasteiger partial charge in [0.15, 0.2) is 4.96 Å². The maximum absolute atomic E-state index is 5.42. The van der Waals surface area contributed by atoms with Crippen molar-refractivity contribution in [3.05, 3.63) is 23.2 Å². The van der Waals surface area contributed by atoms with Crippen LogP contribution in [-0.4, -0.2) is 26.1 Å². The van der Waals surface area contributed by atoms with E-state index in [1.807, 2.05) is 23.7 Å². The van der Waals surface area contributed by atoms with Crippen molar-refractivity contribution in [2.75, 3.05) is 6.54 Å². The molecule has 2 N–H and O–H groups in total. The summed E-state index contributed by atoms with van der Waals surface area (Å²) in [6.45, 7) is 2.55. The zero-order valence-electron chi connectivity index (χ0n) is 9.25. The van der Waals surface area contributed by atoms with Crippen LogP contribution in [0.4, 0.5) is 0 Å². The molecular formula is C10H11N5OS. The molecule has 0 spiro atoms. The Balaban J connectivity index is 1.98. The molecule has 88 valence electrons. The van der Waals surface area contributed by atoms with Gasteiger partial charge in [0.25, 0.3) is 0 Å². The first kappa shape index (κ1) is 10.4. The van der Waals surface area contributed by atoms with Crippen molar-refractivity contribution in [2.45, 2.75) is 13.3 Å². The number of imidazole rings is 1. The standard InChI is InChI=1S/C10H11N5OS/c1-6-4-15-5-7(12-10(15)17-6)9-13-8(2-3-11)16-14-9/h4-5H,2-3,11H2,1H3. The molecule has 0 aliphatic heterocycles. The van der Waals surface area contributed by atoms with E-state index in [0.717, 1.165) is 10.7 Å². The summed E-state index contributed by atoms with van der Waals surface area (Å²) in [5, 5.41) is 3.89. The first-order valence-electron chi connectivity index (χ1n) is 5.24. The summed E-state index contributed by atoms with van der Waals surface area (Å²) in [7, 11) is 0. The third-order valence-corrected chi connectivity index (χ3v) is 3.24. The molecule has 0 aliphatic carbocycles. The predicted octanol–water partition coefficient (Wildman–Crippen LogP) is 1.26. The monoisotopic (exact) mass is 249 g/mol. The summed E-state index contributed by atoms with van der Waals surface area (Å²) in [5.74, 6) is 1.07. The Morgan fingerprint density at radius 1 is 1.41 bits per heavy atom. The van der Waals surface area contributed by atoms with Gasteiger partial charge in [-0.15, -0.1) is 11.3 Å². The lowest BCUT2D eigenvalue weighted by atomic mass is 10.4. The molecule has 0 amide bonds. The van der Waals surface area contributed by atoms with Crippen LogP contribution >= 0.6 is 11.3 Å². The Morgan fingerprint density at radius 3 is 3.06 bits per heavy atom. The number of hydrogen-bond acceptors (Lipinski definition) is 6. The quantitative estimate of drug-likeness (QED) is 0.755. The Labute approximate surface area is 101 Å². The topological polar surface area (TPSA) is 82.2 Å². The van der Waals surface area contributed by atoms with E-state index in [0.29, 0.717) is 24.7 Å². The van der Waals surface area contributed by atoms with Crippen molar-refractivity contribution in [1.29, 1.82) is 0 Å². The predicted molar refractivity (Wildman–Crippen MR) is 63.9 cm³/mol. The summed E-state index contributed by atoms with van der Waals surface area (Å²) in [6, 6.07) is 0. The largest absolute Gasteiger partial charge is 0.339 e. The summed E-state index contributed by atoms with van der Waals surface area (Å²) >= 11 is 1.63. The number of hydrogen-bond donors (Lipinski definition) is 1. The number of nitrogens with two attached hydrogens (primary N) is 1. The van der Waals surface area contributed by atoms with Crippen LogP contribution in [0.1, 0.15) is 10.8 Å². The molecule has 7 heteroatoms. The molecule has 0 aromatic carbocycles. The average molecular weight is 249 g/mol. The van der Waals surface area contributed by atoms with E-state index in [2.05, 4.69) is 15.1 Å². The van der Waals surface area contributed by atoms with Gasteiger partial charge in [-0.05, 0) is 6.92 Å². The molecule has 0 saturated carbocycles. The van der Waals surface area contributed by atoms with Gasteiger partial charge in [0.05, 0.1) is 0 Å². The third kappa shape index (κ3) is 1.83. The number of aromatic nitrogens is 4. The second-order valence-electron chi connectivity index (χ2n) is 3.71. The highest BCUT2D eigenvalue weighted by Crippen LogP contribution is 2.21. The molecule has 0 aliphatic rings. The van der Waals surface area contributed by atoms with Crippen LogP contribution < -0.4 is 5.73 Å². The molecule has 0 radical (unpaired) electrons. The van der Waals surface area contributed by atoms with E-state index in [9.17, 15) is 0 Å². The van der Waals surface area contributed by atoms with E-state index < -0.39 is 0 Å². The minimum atomic E-state index is 0.499. The highest BCUT2D eigenvalue weighted by Gasteiger charge is 2.12. The summed E-state index contributed by atoms with van der Waals surface area (Å²) in [5.41, 5.74) is 6.15. The lowest BCUT2D eigenvalue weighted by molar-refractivity contribution is 0.380. The van der Waals surface area contributed by atoms with Crippen molar-refractivity contribution in [3.63, 3.8) is 0 Å². The van der Waals surface area contributed by atoms with Crippen LogP contribution in [0.15, 0.2) is 16.9 Å². The molecule has 0 fully saturated rings. The van der Waals surface area contributed by atoms with Crippen molar-refractivity contribution in [3.8, 4) is 11.5 Å². The van der Waals surface area contributed by atoms with Gasteiger partial charge in [0, 0.05) is 30.2 Å². The maximum Gasteiger partial charge on any atom is 0.228 e. The van der Waals surface area contributed by atoms with Gasteiger partial charge < -0.3 is 10.3 Å². The molecule has 3 aromatic heterocycles. The third-order valence-electron chi connectivity index (χ3n) is 2.33. The van der Waals surface area contributed by atoms with Crippen molar-refractivity contribution in [2.24, 2.45) is 5.73 Å². The number of nitrogens with zero attached hydrogens (tertiary/aromatic N) is 4. The molecule has 0 unspecified atom stereocenters. The van der Waals surface area contributed by atoms with Gasteiger partial charge in [-0.3, -0.25) is 4.40 Å². The Morgan fingerprint density at radius 2 is 2.29 bits per heavy atom. The van der Waals surface area contributed by atoms with Crippen molar-refractivity contribution >= 4 is 16.3 Å². The van der Waals surface area contributed by atoms with Gasteiger partial charge in [-0.2, -0.15) is 4.98 Å². The van der Waals surface area contributed by atoms with Crippen LogP contribution in [-0.2, 0) is 6.42 Å². The van der Waals surface area contributed by atoms with Crippen LogP contribution in [0.2, 0.25) is 0 Å². The summed E-state index contributed by atoms with van der Waals surface area (Å²) in [4.78, 5) is 10.8. The number of rotatable bonds is 3. The zero-order valence-corrected chi connectivity index (χ0v) is 10.1. The Kier molecular flexibility index (Phi) is 2.41. The zero-order chi connectivity index (χ0) is 11.8. The van der Waals surface area contributed by atoms with Crippen LogP contribution in [0.3, 0.4) is 0 Å². The molecule has 3 rings (SSSR count). The van der Waals surface area contributed by atoms with Crippen LogP contribution in [0, 0.1) is 6.92 Å². The van der Waals surface area contributed by atoms with Crippen LogP contribution in [0.5, 0.6) is 0 Å². The first-order valence-corrected chi connectivity index (χ1v) is 6.06. The fourth-order valence-electron chi connectivity index (χ4n) is 1.60. The lowest BCUT2D eigenvalue weighted by Crippen LogP contribution is -2.02. The van der Waals surface area contributed by atoms with Gasteiger partial charge in [0.2, 0.25) is 11.7 Å². The molecule has 6 nitrogen and oxygen atoms in total. The summed E-state index contributed by atoms with van der Waals surface area (Å²) in [6.07, 6.45) is 4.52. The normalized spacial score (nSPS) is 11.4. The smallest absolute Gasteiger partial charge is 0.228 e. The van der Waals surface area contributed by atoms with Crippen molar-refractivity contribution in [1.82, 2.24) is 19.5 Å². The first-order chi connectivity index (χ1) is 8.26. The lowest BCUT2D eigenvalue weighted by Gasteiger charge is -1.84. The number of aryl methyl sites for hydroxylation is 1. The highest BCUT2D eigenvalue weighted by atomic mass is 32.1. The van der Waals surface area contributed by atoms with E-state index >= 15 is 0 Å². The minimum absolute atomic E-state index is 0.499. The van der Waals surface area contributed by atoms with Gasteiger partial charge in [0.1, 0.15) is 5.69 Å². The Hall–Kier alpha value is -1.73. The SMILES string of the molecule is Cc1cn2cc(-c3noc(CCN)n3)nc2s1. The van der Waals surface area contributed by atoms with E-state index in [-0.39, 0.29) is 0 Å². The number of thiazole rings is 1. The molecule has 0 bridgehead atoms. The van der Waals surface area contributed by atoms with Gasteiger partial charge in [-0.1, -0.05) is 5.16 Å².